The van der Waals surface area contributed by atoms with E-state index in [1.165, 1.54) is 7.05 Å². The molecule has 0 saturated heterocycles. The molecule has 1 rings (SSSR count). The highest BCUT2D eigenvalue weighted by atomic mass is 32.2. The van der Waals surface area contributed by atoms with Crippen LogP contribution in [0.1, 0.15) is 32.0 Å². The van der Waals surface area contributed by atoms with Crippen molar-refractivity contribution in [2.45, 2.75) is 32.7 Å². The topological polar surface area (TPSA) is 76.0 Å². The van der Waals surface area contributed by atoms with Gasteiger partial charge in [0.25, 0.3) is 0 Å². The molecule has 0 bridgehead atoms. The summed E-state index contributed by atoms with van der Waals surface area (Å²) in [5.74, 6) is 0.0780. The van der Waals surface area contributed by atoms with Crippen LogP contribution in [0.25, 0.3) is 0 Å². The Morgan fingerprint density at radius 2 is 2.00 bits per heavy atom. The normalized spacial score (nSPS) is 12.9. The van der Waals surface area contributed by atoms with Crippen LogP contribution < -0.4 is 10.0 Å². The molecule has 0 saturated carbocycles. The largest absolute Gasteiger partial charge is 0.311 e. The monoisotopic (exact) mass is 288 g/mol. The summed E-state index contributed by atoms with van der Waals surface area (Å²) in [6.07, 6.45) is 1.97. The van der Waals surface area contributed by atoms with Gasteiger partial charge in [0.2, 0.25) is 10.0 Å². The van der Waals surface area contributed by atoms with Gasteiger partial charge in [-0.2, -0.15) is 5.10 Å². The highest BCUT2D eigenvalue weighted by molar-refractivity contribution is 7.89. The maximum atomic E-state index is 11.3. The summed E-state index contributed by atoms with van der Waals surface area (Å²) < 4.78 is 26.6. The molecular weight excluding hydrogens is 264 g/mol. The molecule has 2 N–H and O–H groups in total. The zero-order chi connectivity index (χ0) is 14.7. The number of nitrogens with one attached hydrogen (secondary N) is 2. The number of aryl methyl sites for hydroxylation is 1. The van der Waals surface area contributed by atoms with Crippen molar-refractivity contribution in [3.63, 3.8) is 0 Å². The van der Waals surface area contributed by atoms with Gasteiger partial charge in [-0.25, -0.2) is 13.1 Å². The highest BCUT2D eigenvalue weighted by Gasteiger charge is 2.21. The Bertz CT molecular complexity index is 514. The van der Waals surface area contributed by atoms with Crippen molar-refractivity contribution in [1.29, 1.82) is 0 Å². The van der Waals surface area contributed by atoms with Crippen molar-refractivity contribution >= 4 is 10.0 Å². The summed E-state index contributed by atoms with van der Waals surface area (Å²) in [5, 5.41) is 7.62. The van der Waals surface area contributed by atoms with Gasteiger partial charge >= 0.3 is 0 Å². The minimum absolute atomic E-state index is 0.0185. The molecule has 0 aromatic carbocycles. The highest BCUT2D eigenvalue weighted by Crippen LogP contribution is 2.23. The lowest BCUT2D eigenvalue weighted by Gasteiger charge is -2.17. The van der Waals surface area contributed by atoms with E-state index in [2.05, 4.69) is 35.9 Å². The van der Waals surface area contributed by atoms with Crippen molar-refractivity contribution in [1.82, 2.24) is 19.8 Å². The van der Waals surface area contributed by atoms with E-state index in [9.17, 15) is 8.42 Å². The van der Waals surface area contributed by atoms with Crippen LogP contribution in [0.15, 0.2) is 6.20 Å². The van der Waals surface area contributed by atoms with E-state index in [-0.39, 0.29) is 11.2 Å². The predicted octanol–water partition coefficient (Wildman–Crippen LogP) is 0.356. The molecule has 1 aromatic rings. The molecule has 1 aromatic heterocycles. The van der Waals surface area contributed by atoms with E-state index in [1.54, 1.807) is 4.68 Å². The van der Waals surface area contributed by atoms with Crippen LogP contribution in [0.2, 0.25) is 0 Å². The molecule has 0 spiro atoms. The van der Waals surface area contributed by atoms with E-state index >= 15 is 0 Å². The summed E-state index contributed by atoms with van der Waals surface area (Å²) in [6.45, 7) is 7.39. The molecule has 7 heteroatoms. The smallest absolute Gasteiger partial charge is 0.212 e. The molecular formula is C12H24N4O2S. The first kappa shape index (κ1) is 16.1. The van der Waals surface area contributed by atoms with Gasteiger partial charge in [0.15, 0.2) is 0 Å². The van der Waals surface area contributed by atoms with Crippen molar-refractivity contribution in [2.75, 3.05) is 19.3 Å². The SMILES string of the molecule is CNS(=O)(=O)CCNCc1cn(C)nc1C(C)(C)C. The summed E-state index contributed by atoms with van der Waals surface area (Å²) in [4.78, 5) is 0. The van der Waals surface area contributed by atoms with Crippen LogP contribution in [0.5, 0.6) is 0 Å². The minimum atomic E-state index is -3.14. The Hall–Kier alpha value is -0.920. The molecule has 0 unspecified atom stereocenters. The van der Waals surface area contributed by atoms with Gasteiger partial charge in [0, 0.05) is 37.3 Å². The quantitative estimate of drug-likeness (QED) is 0.741. The summed E-state index contributed by atoms with van der Waals surface area (Å²) in [6, 6.07) is 0. The Morgan fingerprint density at radius 1 is 1.37 bits per heavy atom. The molecule has 0 amide bonds. The summed E-state index contributed by atoms with van der Waals surface area (Å²) >= 11 is 0. The van der Waals surface area contributed by atoms with Crippen LogP contribution >= 0.6 is 0 Å². The molecule has 0 fully saturated rings. The molecule has 0 atom stereocenters. The van der Waals surface area contributed by atoms with Crippen molar-refractivity contribution in [2.24, 2.45) is 7.05 Å². The molecule has 1 heterocycles. The van der Waals surface area contributed by atoms with Crippen molar-refractivity contribution < 1.29 is 8.42 Å². The molecule has 0 radical (unpaired) electrons. The third-order valence-corrected chi connectivity index (χ3v) is 4.15. The molecule has 0 aliphatic heterocycles. The van der Waals surface area contributed by atoms with E-state index in [0.29, 0.717) is 13.1 Å². The van der Waals surface area contributed by atoms with Gasteiger partial charge in [-0.1, -0.05) is 20.8 Å². The van der Waals surface area contributed by atoms with E-state index < -0.39 is 10.0 Å². The zero-order valence-corrected chi connectivity index (χ0v) is 13.1. The molecule has 110 valence electrons. The fraction of sp³-hybridized carbons (Fsp3) is 0.750. The average Bonchev–Trinajstić information content (AvgIpc) is 2.66. The maximum Gasteiger partial charge on any atom is 0.212 e. The Labute approximate surface area is 115 Å². The van der Waals surface area contributed by atoms with Gasteiger partial charge in [-0.3, -0.25) is 4.68 Å². The third-order valence-electron chi connectivity index (χ3n) is 2.79. The van der Waals surface area contributed by atoms with E-state index in [1.807, 2.05) is 13.2 Å². The molecule has 0 aliphatic carbocycles. The van der Waals surface area contributed by atoms with E-state index in [0.717, 1.165) is 11.3 Å². The van der Waals surface area contributed by atoms with Crippen LogP contribution in [0.3, 0.4) is 0 Å². The third kappa shape index (κ3) is 4.93. The lowest BCUT2D eigenvalue weighted by Crippen LogP contribution is -2.29. The number of rotatable bonds is 6. The number of nitrogens with zero attached hydrogens (tertiary/aromatic N) is 2. The van der Waals surface area contributed by atoms with Gasteiger partial charge in [0.05, 0.1) is 11.4 Å². The standard InChI is InChI=1S/C12H24N4O2S/c1-12(2,3)11-10(9-16(5)15-11)8-14-6-7-19(17,18)13-4/h9,13-14H,6-8H2,1-5H3. The number of hydrogen-bond donors (Lipinski definition) is 2. The second kappa shape index (κ2) is 6.02. The number of sulfonamides is 1. The van der Waals surface area contributed by atoms with Gasteiger partial charge in [0.1, 0.15) is 0 Å². The summed E-state index contributed by atoms with van der Waals surface area (Å²) in [5.41, 5.74) is 2.13. The fourth-order valence-electron chi connectivity index (χ4n) is 1.83. The first-order valence-electron chi connectivity index (χ1n) is 6.30. The minimum Gasteiger partial charge on any atom is -0.311 e. The van der Waals surface area contributed by atoms with Gasteiger partial charge < -0.3 is 5.32 Å². The second-order valence-corrected chi connectivity index (χ2v) is 7.67. The first-order chi connectivity index (χ1) is 8.65. The molecule has 0 aliphatic rings. The number of hydrogen-bond acceptors (Lipinski definition) is 4. The molecule has 6 nitrogen and oxygen atoms in total. The second-order valence-electron chi connectivity index (χ2n) is 5.63. The van der Waals surface area contributed by atoms with E-state index in [4.69, 9.17) is 0 Å². The Balaban J connectivity index is 2.59. The van der Waals surface area contributed by atoms with Gasteiger partial charge in [-0.05, 0) is 7.05 Å². The predicted molar refractivity (Wildman–Crippen MR) is 76.5 cm³/mol. The Kier molecular flexibility index (Phi) is 5.11. The van der Waals surface area contributed by atoms with Crippen LogP contribution in [0.4, 0.5) is 0 Å². The maximum absolute atomic E-state index is 11.3. The lowest BCUT2D eigenvalue weighted by atomic mass is 9.89. The fourth-order valence-corrected chi connectivity index (χ4v) is 2.45. The number of aromatic nitrogens is 2. The van der Waals surface area contributed by atoms with Gasteiger partial charge in [-0.15, -0.1) is 0 Å². The van der Waals surface area contributed by atoms with Crippen LogP contribution in [-0.2, 0) is 29.0 Å². The average molecular weight is 288 g/mol. The lowest BCUT2D eigenvalue weighted by molar-refractivity contribution is 0.544. The van der Waals surface area contributed by atoms with Crippen molar-refractivity contribution in [3.8, 4) is 0 Å². The zero-order valence-electron chi connectivity index (χ0n) is 12.3. The summed E-state index contributed by atoms with van der Waals surface area (Å²) in [7, 11) is 0.177. The first-order valence-corrected chi connectivity index (χ1v) is 7.96. The Morgan fingerprint density at radius 3 is 2.53 bits per heavy atom. The van der Waals surface area contributed by atoms with Crippen molar-refractivity contribution in [3.05, 3.63) is 17.5 Å². The molecule has 19 heavy (non-hydrogen) atoms. The van der Waals surface area contributed by atoms with Crippen LogP contribution in [-0.4, -0.2) is 37.5 Å². The van der Waals surface area contributed by atoms with Crippen LogP contribution in [0, 0.1) is 0 Å².